The van der Waals surface area contributed by atoms with Crippen LogP contribution in [0.2, 0.25) is 0 Å². The van der Waals surface area contributed by atoms with Gasteiger partial charge >= 0.3 is 11.9 Å². The zero-order chi connectivity index (χ0) is 23.9. The molecular formula is C22H26N2O7S. The Hall–Kier alpha value is -3.24. The van der Waals surface area contributed by atoms with E-state index in [1.165, 1.54) is 6.08 Å². The van der Waals surface area contributed by atoms with Crippen LogP contribution in [-0.2, 0) is 24.3 Å². The van der Waals surface area contributed by atoms with E-state index in [2.05, 4.69) is 9.71 Å². The minimum Gasteiger partial charge on any atom is -0.461 e. The largest absolute Gasteiger partial charge is 0.461 e. The number of rotatable bonds is 10. The van der Waals surface area contributed by atoms with Gasteiger partial charge < -0.3 is 14.5 Å². The second kappa shape index (κ2) is 10.9. The van der Waals surface area contributed by atoms with Crippen LogP contribution in [0.4, 0.5) is 0 Å². The summed E-state index contributed by atoms with van der Waals surface area (Å²) < 4.78 is 36.0. The summed E-state index contributed by atoms with van der Waals surface area (Å²) in [6.07, 6.45) is 1.40. The van der Waals surface area contributed by atoms with E-state index in [0.29, 0.717) is 16.8 Å². The molecule has 0 fully saturated rings. The number of aryl methyl sites for hydroxylation is 2. The van der Waals surface area contributed by atoms with E-state index in [4.69, 9.17) is 9.47 Å². The molecule has 1 aromatic carbocycles. The number of hydrogen-bond acceptors (Lipinski definition) is 7. The lowest BCUT2D eigenvalue weighted by Crippen LogP contribution is -2.30. The van der Waals surface area contributed by atoms with E-state index >= 15 is 0 Å². The fourth-order valence-corrected chi connectivity index (χ4v) is 3.65. The van der Waals surface area contributed by atoms with Gasteiger partial charge in [0.1, 0.15) is 12.2 Å². The molecule has 0 aliphatic heterocycles. The molecule has 0 atom stereocenters. The van der Waals surface area contributed by atoms with E-state index in [9.17, 15) is 22.8 Å². The Morgan fingerprint density at radius 1 is 1.06 bits per heavy atom. The van der Waals surface area contributed by atoms with E-state index < -0.39 is 40.9 Å². The predicted octanol–water partition coefficient (Wildman–Crippen LogP) is 2.43. The minimum absolute atomic E-state index is 0.159. The lowest BCUT2D eigenvalue weighted by molar-refractivity contribution is -0.141. The second-order valence-corrected chi connectivity index (χ2v) is 8.66. The molecule has 1 aromatic heterocycles. The van der Waals surface area contributed by atoms with Crippen LogP contribution < -0.4 is 4.72 Å². The quantitative estimate of drug-likeness (QED) is 0.409. The van der Waals surface area contributed by atoms with Crippen LogP contribution in [0.1, 0.15) is 50.2 Å². The van der Waals surface area contributed by atoms with Gasteiger partial charge in [0.2, 0.25) is 15.8 Å². The van der Waals surface area contributed by atoms with Crippen LogP contribution in [0.5, 0.6) is 0 Å². The number of hydrogen-bond donors (Lipinski definition) is 2. The Morgan fingerprint density at radius 2 is 1.72 bits per heavy atom. The lowest BCUT2D eigenvalue weighted by Gasteiger charge is -2.06. The number of carbonyl (C=O) groups is 3. The first-order valence-electron chi connectivity index (χ1n) is 9.83. The monoisotopic (exact) mass is 462 g/mol. The topological polar surface area (TPSA) is 132 Å². The SMILES string of the molecule is CCOC(=O)c1[nH]c(C)c(C(=O)COC(=O)CNS(=O)(=O)/C=C/c2ccc(C)cc2)c1C. The van der Waals surface area contributed by atoms with Crippen LogP contribution in [0.15, 0.2) is 29.7 Å². The maximum atomic E-state index is 12.5. The Balaban J connectivity index is 1.90. The number of esters is 2. The number of Topliss-reactive ketones (excluding diaryl/α,β-unsaturated/α-hetero) is 1. The van der Waals surface area contributed by atoms with Crippen molar-refractivity contribution in [3.63, 3.8) is 0 Å². The van der Waals surface area contributed by atoms with Gasteiger partial charge in [-0.15, -0.1) is 0 Å². The molecular weight excluding hydrogens is 436 g/mol. The van der Waals surface area contributed by atoms with Crippen molar-refractivity contribution >= 4 is 33.8 Å². The number of benzene rings is 1. The van der Waals surface area contributed by atoms with Crippen LogP contribution in [0, 0.1) is 20.8 Å². The Morgan fingerprint density at radius 3 is 2.34 bits per heavy atom. The van der Waals surface area contributed by atoms with Gasteiger partial charge in [-0.3, -0.25) is 9.59 Å². The summed E-state index contributed by atoms with van der Waals surface area (Å²) in [4.78, 5) is 39.1. The average molecular weight is 463 g/mol. The van der Waals surface area contributed by atoms with E-state index in [-0.39, 0.29) is 17.9 Å². The molecule has 0 amide bonds. The summed E-state index contributed by atoms with van der Waals surface area (Å²) in [6, 6.07) is 7.22. The van der Waals surface area contributed by atoms with Crippen molar-refractivity contribution in [1.29, 1.82) is 0 Å². The number of H-pyrrole nitrogens is 1. The van der Waals surface area contributed by atoms with E-state index in [1.807, 2.05) is 19.1 Å². The Bertz CT molecular complexity index is 1130. The highest BCUT2D eigenvalue weighted by Gasteiger charge is 2.23. The first-order chi connectivity index (χ1) is 15.0. The van der Waals surface area contributed by atoms with Crippen molar-refractivity contribution in [1.82, 2.24) is 9.71 Å². The Kier molecular flexibility index (Phi) is 8.50. The minimum atomic E-state index is -3.87. The molecule has 0 radical (unpaired) electrons. The van der Waals surface area contributed by atoms with Crippen LogP contribution in [0.3, 0.4) is 0 Å². The second-order valence-electron chi connectivity index (χ2n) is 7.01. The van der Waals surface area contributed by atoms with Crippen LogP contribution >= 0.6 is 0 Å². The van der Waals surface area contributed by atoms with Crippen molar-refractivity contribution in [2.75, 3.05) is 19.8 Å². The molecule has 0 saturated carbocycles. The standard InChI is InChI=1S/C22H26N2O7S/c1-5-30-22(27)21-15(3)20(16(4)24-21)18(25)13-31-19(26)12-23-32(28,29)11-10-17-8-6-14(2)7-9-17/h6-11,23-24H,5,12-13H2,1-4H3/b11-10+. The summed E-state index contributed by atoms with van der Waals surface area (Å²) in [5.74, 6) is -2.03. The van der Waals surface area contributed by atoms with Gasteiger partial charge in [-0.1, -0.05) is 29.8 Å². The third-order valence-corrected chi connectivity index (χ3v) is 5.54. The van der Waals surface area contributed by atoms with Crippen molar-refractivity contribution in [2.24, 2.45) is 0 Å². The van der Waals surface area contributed by atoms with Crippen molar-refractivity contribution in [3.05, 3.63) is 63.3 Å². The molecule has 172 valence electrons. The highest BCUT2D eigenvalue weighted by atomic mass is 32.2. The van der Waals surface area contributed by atoms with Crippen LogP contribution in [0.25, 0.3) is 6.08 Å². The zero-order valence-corrected chi connectivity index (χ0v) is 19.2. The molecule has 10 heteroatoms. The average Bonchev–Trinajstić information content (AvgIpc) is 3.04. The molecule has 0 saturated heterocycles. The molecule has 2 rings (SSSR count). The molecule has 0 unspecified atom stereocenters. The van der Waals surface area contributed by atoms with Gasteiger partial charge in [-0.25, -0.2) is 17.9 Å². The first-order valence-corrected chi connectivity index (χ1v) is 11.4. The van der Waals surface area contributed by atoms with Crippen molar-refractivity contribution in [2.45, 2.75) is 27.7 Å². The van der Waals surface area contributed by atoms with Gasteiger partial charge in [0.15, 0.2) is 6.61 Å². The molecule has 2 aromatic rings. The lowest BCUT2D eigenvalue weighted by atomic mass is 10.1. The number of ketones is 1. The molecule has 0 spiro atoms. The summed E-state index contributed by atoms with van der Waals surface area (Å²) >= 11 is 0. The highest BCUT2D eigenvalue weighted by Crippen LogP contribution is 2.19. The molecule has 2 N–H and O–H groups in total. The van der Waals surface area contributed by atoms with Gasteiger partial charge in [0, 0.05) is 16.7 Å². The first kappa shape index (κ1) is 25.0. The number of ether oxygens (including phenoxy) is 2. The molecule has 0 bridgehead atoms. The van der Waals surface area contributed by atoms with Gasteiger partial charge in [-0.05, 0) is 44.9 Å². The highest BCUT2D eigenvalue weighted by molar-refractivity contribution is 7.92. The normalized spacial score (nSPS) is 11.5. The fraction of sp³-hybridized carbons (Fsp3) is 0.318. The van der Waals surface area contributed by atoms with Crippen molar-refractivity contribution in [3.8, 4) is 0 Å². The maximum Gasteiger partial charge on any atom is 0.355 e. The van der Waals surface area contributed by atoms with E-state index in [1.54, 1.807) is 32.9 Å². The molecule has 9 nitrogen and oxygen atoms in total. The summed E-state index contributed by atoms with van der Waals surface area (Å²) in [5.41, 5.74) is 2.95. The number of nitrogens with one attached hydrogen (secondary N) is 2. The third kappa shape index (κ3) is 6.89. The van der Waals surface area contributed by atoms with Gasteiger partial charge in [0.05, 0.1) is 6.61 Å². The molecule has 0 aliphatic carbocycles. The molecule has 0 aliphatic rings. The molecule has 32 heavy (non-hydrogen) atoms. The summed E-state index contributed by atoms with van der Waals surface area (Å²) in [6.45, 7) is 5.74. The van der Waals surface area contributed by atoms with Gasteiger partial charge in [0.25, 0.3) is 0 Å². The summed E-state index contributed by atoms with van der Waals surface area (Å²) in [7, 11) is -3.87. The van der Waals surface area contributed by atoms with Crippen molar-refractivity contribution < 1.29 is 32.3 Å². The predicted molar refractivity (Wildman–Crippen MR) is 119 cm³/mol. The van der Waals surface area contributed by atoms with Gasteiger partial charge in [-0.2, -0.15) is 0 Å². The number of aromatic amines is 1. The number of aromatic nitrogens is 1. The third-order valence-electron chi connectivity index (χ3n) is 4.49. The number of sulfonamides is 1. The number of carbonyl (C=O) groups excluding carboxylic acids is 3. The maximum absolute atomic E-state index is 12.5. The fourth-order valence-electron chi connectivity index (χ4n) is 2.90. The Labute approximate surface area is 186 Å². The smallest absolute Gasteiger partial charge is 0.355 e. The zero-order valence-electron chi connectivity index (χ0n) is 18.4. The summed E-state index contributed by atoms with van der Waals surface area (Å²) in [5, 5.41) is 0.944. The van der Waals surface area contributed by atoms with E-state index in [0.717, 1.165) is 11.0 Å². The molecule has 1 heterocycles. The van der Waals surface area contributed by atoms with Crippen LogP contribution in [-0.4, -0.2) is 50.9 Å².